The third kappa shape index (κ3) is 3.66. The molecule has 1 N–H and O–H groups in total. The SMILES string of the molecule is CC(C)(C)c1ccc(NC=C(C#N)C#N)cc1. The molecule has 0 aliphatic heterocycles. The van der Waals surface area contributed by atoms with Crippen LogP contribution in [-0.4, -0.2) is 0 Å². The third-order valence-electron chi connectivity index (χ3n) is 2.38. The van der Waals surface area contributed by atoms with Crippen LogP contribution < -0.4 is 5.32 Å². The third-order valence-corrected chi connectivity index (χ3v) is 2.38. The van der Waals surface area contributed by atoms with Crippen molar-refractivity contribution in [3.05, 3.63) is 41.6 Å². The lowest BCUT2D eigenvalue weighted by Crippen LogP contribution is -2.10. The van der Waals surface area contributed by atoms with Gasteiger partial charge in [0.15, 0.2) is 0 Å². The van der Waals surface area contributed by atoms with E-state index in [1.807, 2.05) is 24.3 Å². The van der Waals surface area contributed by atoms with Gasteiger partial charge in [0.05, 0.1) is 0 Å². The monoisotopic (exact) mass is 225 g/mol. The molecule has 0 amide bonds. The Kier molecular flexibility index (Phi) is 3.91. The van der Waals surface area contributed by atoms with Crippen LogP contribution in [0.2, 0.25) is 0 Å². The molecule has 0 saturated carbocycles. The normalized spacial score (nSPS) is 9.94. The smallest absolute Gasteiger partial charge is 0.145 e. The number of benzene rings is 1. The van der Waals surface area contributed by atoms with E-state index >= 15 is 0 Å². The summed E-state index contributed by atoms with van der Waals surface area (Å²) in [5.74, 6) is 0. The minimum atomic E-state index is 0.0601. The van der Waals surface area contributed by atoms with E-state index < -0.39 is 0 Å². The molecule has 0 bridgehead atoms. The first-order valence-electron chi connectivity index (χ1n) is 5.35. The number of allylic oxidation sites excluding steroid dienone is 1. The number of hydrogen-bond acceptors (Lipinski definition) is 3. The zero-order chi connectivity index (χ0) is 12.9. The lowest BCUT2D eigenvalue weighted by Gasteiger charge is -2.19. The van der Waals surface area contributed by atoms with Crippen LogP contribution in [-0.2, 0) is 5.41 Å². The first-order chi connectivity index (χ1) is 7.97. The van der Waals surface area contributed by atoms with Crippen LogP contribution in [0, 0.1) is 22.7 Å². The van der Waals surface area contributed by atoms with E-state index in [1.165, 1.54) is 11.8 Å². The molecular weight excluding hydrogens is 210 g/mol. The molecule has 0 heterocycles. The highest BCUT2D eigenvalue weighted by atomic mass is 14.8. The fourth-order valence-corrected chi connectivity index (χ4v) is 1.31. The van der Waals surface area contributed by atoms with Crippen molar-refractivity contribution in [1.29, 1.82) is 10.5 Å². The number of anilines is 1. The highest BCUT2D eigenvalue weighted by Crippen LogP contribution is 2.23. The van der Waals surface area contributed by atoms with Gasteiger partial charge < -0.3 is 5.32 Å². The molecule has 0 atom stereocenters. The molecule has 1 aromatic rings. The van der Waals surface area contributed by atoms with Crippen molar-refractivity contribution in [2.45, 2.75) is 26.2 Å². The molecule has 0 unspecified atom stereocenters. The Morgan fingerprint density at radius 1 is 1.12 bits per heavy atom. The largest absolute Gasteiger partial charge is 0.360 e. The summed E-state index contributed by atoms with van der Waals surface area (Å²) in [6.45, 7) is 6.45. The molecule has 0 saturated heterocycles. The lowest BCUT2D eigenvalue weighted by molar-refractivity contribution is 0.590. The first kappa shape index (κ1) is 12.8. The summed E-state index contributed by atoms with van der Waals surface area (Å²) in [6.07, 6.45) is 1.41. The Bertz CT molecular complexity index is 474. The number of hydrogen-bond donors (Lipinski definition) is 1. The summed E-state index contributed by atoms with van der Waals surface area (Å²) in [5.41, 5.74) is 2.29. The van der Waals surface area contributed by atoms with Gasteiger partial charge in [0, 0.05) is 11.9 Å². The van der Waals surface area contributed by atoms with Crippen LogP contribution in [0.4, 0.5) is 5.69 Å². The molecule has 17 heavy (non-hydrogen) atoms. The number of nitrogens with zero attached hydrogens (tertiary/aromatic N) is 2. The van der Waals surface area contributed by atoms with Gasteiger partial charge in [0.2, 0.25) is 0 Å². The maximum atomic E-state index is 8.57. The molecule has 1 aromatic carbocycles. The standard InChI is InChI=1S/C14H15N3/c1-14(2,3)12-4-6-13(7-5-12)17-10-11(8-15)9-16/h4-7,10,17H,1-3H3. The van der Waals surface area contributed by atoms with Crippen LogP contribution in [0.15, 0.2) is 36.0 Å². The second kappa shape index (κ2) is 5.18. The van der Waals surface area contributed by atoms with Crippen LogP contribution in [0.5, 0.6) is 0 Å². The van der Waals surface area contributed by atoms with Crippen LogP contribution in [0.25, 0.3) is 0 Å². The van der Waals surface area contributed by atoms with Gasteiger partial charge in [-0.3, -0.25) is 0 Å². The minimum Gasteiger partial charge on any atom is -0.360 e. The fourth-order valence-electron chi connectivity index (χ4n) is 1.31. The molecule has 0 spiro atoms. The van der Waals surface area contributed by atoms with Crippen molar-refractivity contribution in [2.24, 2.45) is 0 Å². The number of nitrogens with one attached hydrogen (secondary N) is 1. The van der Waals surface area contributed by atoms with E-state index in [4.69, 9.17) is 10.5 Å². The molecule has 0 aromatic heterocycles. The summed E-state index contributed by atoms with van der Waals surface area (Å²) in [7, 11) is 0. The number of nitriles is 2. The van der Waals surface area contributed by atoms with Crippen molar-refractivity contribution in [1.82, 2.24) is 0 Å². The predicted molar refractivity (Wildman–Crippen MR) is 68.1 cm³/mol. The highest BCUT2D eigenvalue weighted by Gasteiger charge is 2.12. The summed E-state index contributed by atoms with van der Waals surface area (Å²) >= 11 is 0. The first-order valence-corrected chi connectivity index (χ1v) is 5.35. The van der Waals surface area contributed by atoms with Gasteiger partial charge in [0.25, 0.3) is 0 Å². The Morgan fingerprint density at radius 2 is 1.65 bits per heavy atom. The van der Waals surface area contributed by atoms with Gasteiger partial charge in [-0.2, -0.15) is 10.5 Å². The van der Waals surface area contributed by atoms with E-state index in [0.717, 1.165) is 5.69 Å². The van der Waals surface area contributed by atoms with Gasteiger partial charge in [-0.15, -0.1) is 0 Å². The lowest BCUT2D eigenvalue weighted by atomic mass is 9.87. The summed E-state index contributed by atoms with van der Waals surface area (Å²) in [4.78, 5) is 0. The maximum absolute atomic E-state index is 8.57. The van der Waals surface area contributed by atoms with Gasteiger partial charge >= 0.3 is 0 Å². The van der Waals surface area contributed by atoms with E-state index in [-0.39, 0.29) is 11.0 Å². The van der Waals surface area contributed by atoms with Crippen molar-refractivity contribution < 1.29 is 0 Å². The Balaban J connectivity index is 2.81. The second-order valence-corrected chi connectivity index (χ2v) is 4.75. The molecule has 0 radical (unpaired) electrons. The molecule has 86 valence electrons. The minimum absolute atomic E-state index is 0.0601. The average molecular weight is 225 g/mol. The molecular formula is C14H15N3. The van der Waals surface area contributed by atoms with Crippen LogP contribution in [0.1, 0.15) is 26.3 Å². The van der Waals surface area contributed by atoms with Gasteiger partial charge in [-0.05, 0) is 23.1 Å². The zero-order valence-electron chi connectivity index (χ0n) is 10.3. The Morgan fingerprint density at radius 3 is 2.06 bits per heavy atom. The molecule has 1 rings (SSSR count). The molecule has 3 nitrogen and oxygen atoms in total. The van der Waals surface area contributed by atoms with Crippen molar-refractivity contribution in [3.8, 4) is 12.1 Å². The average Bonchev–Trinajstić information content (AvgIpc) is 2.30. The van der Waals surface area contributed by atoms with Crippen molar-refractivity contribution in [2.75, 3.05) is 5.32 Å². The van der Waals surface area contributed by atoms with E-state index in [0.29, 0.717) is 0 Å². The van der Waals surface area contributed by atoms with Gasteiger partial charge in [-0.1, -0.05) is 32.9 Å². The van der Waals surface area contributed by atoms with Crippen LogP contribution >= 0.6 is 0 Å². The summed E-state index contributed by atoms with van der Waals surface area (Å²) in [6, 6.07) is 11.5. The zero-order valence-corrected chi connectivity index (χ0v) is 10.3. The fraction of sp³-hybridized carbons (Fsp3) is 0.286. The molecule has 3 heteroatoms. The molecule has 0 aliphatic carbocycles. The quantitative estimate of drug-likeness (QED) is 0.785. The second-order valence-electron chi connectivity index (χ2n) is 4.75. The van der Waals surface area contributed by atoms with E-state index in [1.54, 1.807) is 12.1 Å². The highest BCUT2D eigenvalue weighted by molar-refractivity contribution is 5.50. The van der Waals surface area contributed by atoms with Gasteiger partial charge in [-0.25, -0.2) is 0 Å². The van der Waals surface area contributed by atoms with Crippen molar-refractivity contribution >= 4 is 5.69 Å². The van der Waals surface area contributed by atoms with E-state index in [2.05, 4.69) is 26.1 Å². The number of rotatable bonds is 2. The maximum Gasteiger partial charge on any atom is 0.145 e. The van der Waals surface area contributed by atoms with Crippen LogP contribution in [0.3, 0.4) is 0 Å². The van der Waals surface area contributed by atoms with E-state index in [9.17, 15) is 0 Å². The molecule has 0 fully saturated rings. The summed E-state index contributed by atoms with van der Waals surface area (Å²) in [5, 5.41) is 20.1. The summed E-state index contributed by atoms with van der Waals surface area (Å²) < 4.78 is 0. The Labute approximate surface area is 102 Å². The molecule has 0 aliphatic rings. The topological polar surface area (TPSA) is 59.6 Å². The van der Waals surface area contributed by atoms with Gasteiger partial charge in [0.1, 0.15) is 17.7 Å². The Hall–Kier alpha value is -2.26. The predicted octanol–water partition coefficient (Wildman–Crippen LogP) is 3.33. The van der Waals surface area contributed by atoms with Crippen molar-refractivity contribution in [3.63, 3.8) is 0 Å².